The summed E-state index contributed by atoms with van der Waals surface area (Å²) in [6.07, 6.45) is 5.91. The third kappa shape index (κ3) is 6.35. The van der Waals surface area contributed by atoms with E-state index in [9.17, 15) is 15.2 Å². The fourth-order valence-corrected chi connectivity index (χ4v) is 7.32. The van der Waals surface area contributed by atoms with Crippen LogP contribution in [0.5, 0.6) is 6.01 Å². The summed E-state index contributed by atoms with van der Waals surface area (Å²) in [4.78, 5) is 30.0. The zero-order valence-electron chi connectivity index (χ0n) is 25.3. The van der Waals surface area contributed by atoms with Gasteiger partial charge in [0.2, 0.25) is 0 Å². The van der Waals surface area contributed by atoms with Crippen LogP contribution in [0, 0.1) is 11.3 Å². The average Bonchev–Trinajstić information content (AvgIpc) is 3.58. The Labute approximate surface area is 263 Å². The van der Waals surface area contributed by atoms with Crippen molar-refractivity contribution in [3.05, 3.63) is 52.7 Å². The molecule has 10 nitrogen and oxygen atoms in total. The van der Waals surface area contributed by atoms with E-state index in [1.54, 1.807) is 0 Å². The second kappa shape index (κ2) is 13.4. The molecule has 232 valence electrons. The molecule has 0 unspecified atom stereocenters. The van der Waals surface area contributed by atoms with E-state index in [1.807, 2.05) is 12.1 Å². The van der Waals surface area contributed by atoms with Crippen LogP contribution in [0.1, 0.15) is 49.8 Å². The van der Waals surface area contributed by atoms with Gasteiger partial charge in [-0.15, -0.1) is 0 Å². The molecule has 0 bridgehead atoms. The number of fused-ring (bicyclic) bond motifs is 2. The van der Waals surface area contributed by atoms with Crippen molar-refractivity contribution >= 4 is 40.0 Å². The molecule has 2 fully saturated rings. The summed E-state index contributed by atoms with van der Waals surface area (Å²) in [5.74, 6) is 0.789. The molecule has 3 aliphatic rings. The van der Waals surface area contributed by atoms with Crippen molar-refractivity contribution in [1.29, 1.82) is 5.26 Å². The van der Waals surface area contributed by atoms with Gasteiger partial charge in [-0.25, -0.2) is 4.79 Å². The van der Waals surface area contributed by atoms with E-state index in [-0.39, 0.29) is 6.42 Å². The minimum absolute atomic E-state index is 0.129. The first kappa shape index (κ1) is 30.2. The maximum absolute atomic E-state index is 11.9. The third-order valence-electron chi connectivity index (χ3n) is 9.38. The lowest BCUT2D eigenvalue weighted by atomic mass is 10.0. The van der Waals surface area contributed by atoms with Crippen molar-refractivity contribution in [2.45, 2.75) is 63.6 Å². The normalized spacial score (nSPS) is 19.0. The molecule has 3 aromatic rings. The van der Waals surface area contributed by atoms with E-state index in [0.29, 0.717) is 44.8 Å². The van der Waals surface area contributed by atoms with Gasteiger partial charge in [0.05, 0.1) is 42.4 Å². The van der Waals surface area contributed by atoms with E-state index in [1.165, 1.54) is 30.6 Å². The number of piperazine rings is 1. The average molecular weight is 618 g/mol. The maximum Gasteiger partial charge on any atom is 0.407 e. The molecule has 1 saturated heterocycles. The van der Waals surface area contributed by atoms with Crippen LogP contribution in [0.25, 0.3) is 10.8 Å². The number of nitrogens with zero attached hydrogens (tertiary/aromatic N) is 7. The maximum atomic E-state index is 11.9. The third-order valence-corrected chi connectivity index (χ3v) is 9.70. The molecule has 1 aromatic heterocycles. The molecule has 3 heterocycles. The molecule has 44 heavy (non-hydrogen) atoms. The van der Waals surface area contributed by atoms with Crippen molar-refractivity contribution in [2.24, 2.45) is 0 Å². The largest absolute Gasteiger partial charge is 0.465 e. The minimum atomic E-state index is -0.995. The van der Waals surface area contributed by atoms with Crippen molar-refractivity contribution in [2.75, 3.05) is 56.2 Å². The smallest absolute Gasteiger partial charge is 0.407 e. The van der Waals surface area contributed by atoms with E-state index in [0.717, 1.165) is 64.5 Å². The fraction of sp³-hybridized carbons (Fsp3) is 0.515. The standard InChI is InChI=1S/C33H40ClN7O3/c1-38(24-9-2-3-10-24)16-6-20-44-32-36-28-22-39(29-12-5-8-23-7-4-11-27(34)30(23)29)17-14-26(28)31(37-32)40-18-19-41(33(42)43)25(21-40)13-15-35/h4-5,7-8,11-12,24-25H,2-3,6,9-10,13-14,16-22H2,1H3,(H,42,43)/t25-/m1/s1. The van der Waals surface area contributed by atoms with Crippen LogP contribution in [0.15, 0.2) is 36.4 Å². The lowest BCUT2D eigenvalue weighted by Crippen LogP contribution is -2.55. The van der Waals surface area contributed by atoms with E-state index >= 15 is 0 Å². The topological polar surface area (TPSA) is 109 Å². The first-order chi connectivity index (χ1) is 21.4. The van der Waals surface area contributed by atoms with Crippen LogP contribution >= 0.6 is 11.6 Å². The van der Waals surface area contributed by atoms with Crippen LogP contribution in [-0.4, -0.2) is 89.4 Å². The van der Waals surface area contributed by atoms with Crippen LogP contribution < -0.4 is 14.5 Å². The van der Waals surface area contributed by atoms with Gasteiger partial charge in [-0.3, -0.25) is 0 Å². The highest BCUT2D eigenvalue weighted by Crippen LogP contribution is 2.37. The van der Waals surface area contributed by atoms with Gasteiger partial charge < -0.3 is 29.4 Å². The molecular formula is C33H40ClN7O3. The number of aromatic nitrogens is 2. The zero-order valence-corrected chi connectivity index (χ0v) is 26.0. The Kier molecular flexibility index (Phi) is 9.24. The van der Waals surface area contributed by atoms with Crippen molar-refractivity contribution in [3.63, 3.8) is 0 Å². The quantitative estimate of drug-likeness (QED) is 0.308. The number of benzene rings is 2. The van der Waals surface area contributed by atoms with E-state index < -0.39 is 12.1 Å². The van der Waals surface area contributed by atoms with Crippen LogP contribution in [-0.2, 0) is 13.0 Å². The Bertz CT molecular complexity index is 1530. The Morgan fingerprint density at radius 2 is 1.93 bits per heavy atom. The Balaban J connectivity index is 1.27. The van der Waals surface area contributed by atoms with Gasteiger partial charge in [-0.1, -0.05) is 48.7 Å². The number of carboxylic acid groups (broad SMARTS) is 1. The molecule has 2 aromatic carbocycles. The lowest BCUT2D eigenvalue weighted by Gasteiger charge is -2.41. The van der Waals surface area contributed by atoms with Gasteiger partial charge in [-0.2, -0.15) is 15.2 Å². The number of nitriles is 1. The van der Waals surface area contributed by atoms with Gasteiger partial charge >= 0.3 is 12.1 Å². The highest BCUT2D eigenvalue weighted by molar-refractivity contribution is 6.36. The molecule has 1 saturated carbocycles. The van der Waals surface area contributed by atoms with E-state index in [2.05, 4.69) is 52.1 Å². The molecule has 0 spiro atoms. The number of hydrogen-bond acceptors (Lipinski definition) is 8. The number of anilines is 2. The van der Waals surface area contributed by atoms with E-state index in [4.69, 9.17) is 26.3 Å². The molecule has 1 atom stereocenters. The van der Waals surface area contributed by atoms with Gasteiger partial charge in [0.25, 0.3) is 0 Å². The van der Waals surface area contributed by atoms with Gasteiger partial charge in [0.15, 0.2) is 0 Å². The summed E-state index contributed by atoms with van der Waals surface area (Å²) in [6, 6.07) is 15.0. The number of hydrogen-bond donors (Lipinski definition) is 1. The molecule has 0 radical (unpaired) electrons. The molecule has 1 aliphatic carbocycles. The summed E-state index contributed by atoms with van der Waals surface area (Å²) in [5.41, 5.74) is 3.03. The first-order valence-electron chi connectivity index (χ1n) is 15.7. The van der Waals surface area contributed by atoms with Gasteiger partial charge in [0, 0.05) is 55.4 Å². The Hall–Kier alpha value is -3.81. The second-order valence-electron chi connectivity index (χ2n) is 12.1. The van der Waals surface area contributed by atoms with Crippen molar-refractivity contribution < 1.29 is 14.6 Å². The lowest BCUT2D eigenvalue weighted by molar-refractivity contribution is 0.119. The predicted octanol–water partition coefficient (Wildman–Crippen LogP) is 5.57. The number of ether oxygens (including phenoxy) is 1. The summed E-state index contributed by atoms with van der Waals surface area (Å²) in [7, 11) is 2.20. The van der Waals surface area contributed by atoms with Gasteiger partial charge in [-0.05, 0) is 50.2 Å². The summed E-state index contributed by atoms with van der Waals surface area (Å²) in [6.45, 7) is 4.02. The zero-order chi connectivity index (χ0) is 30.6. The monoisotopic (exact) mass is 617 g/mol. The molecule has 1 amide bonds. The summed E-state index contributed by atoms with van der Waals surface area (Å²) in [5, 5.41) is 22.0. The van der Waals surface area contributed by atoms with Crippen molar-refractivity contribution in [3.8, 4) is 12.1 Å². The van der Waals surface area contributed by atoms with Crippen molar-refractivity contribution in [1.82, 2.24) is 19.8 Å². The predicted molar refractivity (Wildman–Crippen MR) is 172 cm³/mol. The Morgan fingerprint density at radius 3 is 2.70 bits per heavy atom. The summed E-state index contributed by atoms with van der Waals surface area (Å²) >= 11 is 6.69. The molecule has 2 aliphatic heterocycles. The number of carbonyl (C=O) groups is 1. The molecule has 1 N–H and O–H groups in total. The Morgan fingerprint density at radius 1 is 1.14 bits per heavy atom. The van der Waals surface area contributed by atoms with Crippen LogP contribution in [0.2, 0.25) is 5.02 Å². The number of halogens is 1. The SMILES string of the molecule is CN(CCCOc1nc2c(c(N3CCN(C(=O)O)[C@H](CC#N)C3)n1)CCN(c1cccc3cccc(Cl)c13)C2)C1CCCC1. The highest BCUT2D eigenvalue weighted by Gasteiger charge is 2.34. The molecule has 6 rings (SSSR count). The first-order valence-corrected chi connectivity index (χ1v) is 16.1. The highest BCUT2D eigenvalue weighted by atomic mass is 35.5. The summed E-state index contributed by atoms with van der Waals surface area (Å²) < 4.78 is 6.21. The number of rotatable bonds is 9. The fourth-order valence-electron chi connectivity index (χ4n) is 7.04. The van der Waals surface area contributed by atoms with Crippen LogP contribution in [0.4, 0.5) is 16.3 Å². The minimum Gasteiger partial charge on any atom is -0.465 e. The molecule has 11 heteroatoms. The van der Waals surface area contributed by atoms with Crippen LogP contribution in [0.3, 0.4) is 0 Å². The van der Waals surface area contributed by atoms with Gasteiger partial charge in [0.1, 0.15) is 5.82 Å². The number of amides is 1. The molecular weight excluding hydrogens is 578 g/mol. The second-order valence-corrected chi connectivity index (χ2v) is 12.5.